The second-order valence-electron chi connectivity index (χ2n) is 7.81. The Bertz CT molecular complexity index is 1030. The lowest BCUT2D eigenvalue weighted by atomic mass is 10.1. The number of H-pyrrole nitrogens is 1. The number of benzene rings is 1. The van der Waals surface area contributed by atoms with E-state index in [-0.39, 0.29) is 18.1 Å². The highest BCUT2D eigenvalue weighted by molar-refractivity contribution is 5.93. The second-order valence-corrected chi connectivity index (χ2v) is 7.81. The fraction of sp³-hybridized carbons (Fsp3) is 0.429. The SMILES string of the molecule is CC(C)Oc1ccc2[nH]nc(-c3cc(N4CCN(C(C)C)C(=O)C4)ncn3)c2c1. The standard InChI is InChI=1S/C21H26N6O2/c1-13(2)27-8-7-26(11-20(27)28)19-10-18(22-12-23-19)21-16-9-15(29-14(3)4)5-6-17(16)24-25-21/h5-6,9-10,12-14H,7-8,11H2,1-4H3,(H,24,25). The van der Waals surface area contributed by atoms with E-state index < -0.39 is 0 Å². The lowest BCUT2D eigenvalue weighted by Crippen LogP contribution is -2.53. The summed E-state index contributed by atoms with van der Waals surface area (Å²) in [4.78, 5) is 25.2. The average Bonchev–Trinajstić information content (AvgIpc) is 3.10. The van der Waals surface area contributed by atoms with Crippen LogP contribution in [0.3, 0.4) is 0 Å². The zero-order valence-corrected chi connectivity index (χ0v) is 17.2. The molecular formula is C21H26N6O2. The molecule has 1 aromatic carbocycles. The summed E-state index contributed by atoms with van der Waals surface area (Å²) in [6, 6.07) is 7.96. The minimum Gasteiger partial charge on any atom is -0.491 e. The van der Waals surface area contributed by atoms with Gasteiger partial charge in [-0.05, 0) is 45.9 Å². The number of nitrogens with one attached hydrogen (secondary N) is 1. The molecule has 0 radical (unpaired) electrons. The van der Waals surface area contributed by atoms with Gasteiger partial charge in [-0.2, -0.15) is 5.10 Å². The summed E-state index contributed by atoms with van der Waals surface area (Å²) in [6.07, 6.45) is 1.62. The van der Waals surface area contributed by atoms with Crippen molar-refractivity contribution in [1.29, 1.82) is 0 Å². The molecule has 29 heavy (non-hydrogen) atoms. The van der Waals surface area contributed by atoms with Gasteiger partial charge in [0.2, 0.25) is 5.91 Å². The third-order valence-corrected chi connectivity index (χ3v) is 5.01. The number of anilines is 1. The van der Waals surface area contributed by atoms with Gasteiger partial charge in [-0.1, -0.05) is 0 Å². The molecule has 3 aromatic rings. The molecule has 3 heterocycles. The molecule has 1 aliphatic rings. The number of aromatic nitrogens is 4. The highest BCUT2D eigenvalue weighted by Gasteiger charge is 2.26. The van der Waals surface area contributed by atoms with Gasteiger partial charge in [-0.15, -0.1) is 0 Å². The maximum Gasteiger partial charge on any atom is 0.242 e. The summed E-state index contributed by atoms with van der Waals surface area (Å²) >= 11 is 0. The fourth-order valence-corrected chi connectivity index (χ4v) is 3.61. The summed E-state index contributed by atoms with van der Waals surface area (Å²) < 4.78 is 5.82. The van der Waals surface area contributed by atoms with E-state index in [2.05, 4.69) is 20.2 Å². The van der Waals surface area contributed by atoms with Crippen LogP contribution in [-0.4, -0.2) is 62.8 Å². The van der Waals surface area contributed by atoms with Gasteiger partial charge in [0, 0.05) is 30.6 Å². The van der Waals surface area contributed by atoms with Crippen molar-refractivity contribution in [2.75, 3.05) is 24.5 Å². The summed E-state index contributed by atoms with van der Waals surface area (Å²) in [5.41, 5.74) is 2.36. The van der Waals surface area contributed by atoms with Crippen molar-refractivity contribution in [1.82, 2.24) is 25.1 Å². The molecule has 152 valence electrons. The third-order valence-electron chi connectivity index (χ3n) is 5.01. The van der Waals surface area contributed by atoms with Gasteiger partial charge in [0.05, 0.1) is 23.9 Å². The van der Waals surface area contributed by atoms with Gasteiger partial charge >= 0.3 is 0 Å². The van der Waals surface area contributed by atoms with E-state index in [0.717, 1.165) is 34.7 Å². The molecule has 0 spiro atoms. The number of hydrogen-bond acceptors (Lipinski definition) is 6. The number of ether oxygens (including phenoxy) is 1. The molecule has 8 heteroatoms. The number of fused-ring (bicyclic) bond motifs is 1. The molecule has 1 saturated heterocycles. The van der Waals surface area contributed by atoms with Gasteiger partial charge < -0.3 is 14.5 Å². The first-order valence-electron chi connectivity index (χ1n) is 9.94. The minimum atomic E-state index is 0.0931. The summed E-state index contributed by atoms with van der Waals surface area (Å²) in [5.74, 6) is 1.64. The number of nitrogens with zero attached hydrogens (tertiary/aromatic N) is 5. The van der Waals surface area contributed by atoms with Crippen molar-refractivity contribution < 1.29 is 9.53 Å². The van der Waals surface area contributed by atoms with Gasteiger partial charge in [-0.25, -0.2) is 9.97 Å². The first-order valence-corrected chi connectivity index (χ1v) is 9.94. The zero-order chi connectivity index (χ0) is 20.5. The van der Waals surface area contributed by atoms with E-state index >= 15 is 0 Å². The number of piperazine rings is 1. The van der Waals surface area contributed by atoms with E-state index in [0.29, 0.717) is 18.8 Å². The molecule has 4 rings (SSSR count). The quantitative estimate of drug-likeness (QED) is 0.716. The molecule has 0 saturated carbocycles. The van der Waals surface area contributed by atoms with Crippen LogP contribution in [0.4, 0.5) is 5.82 Å². The summed E-state index contributed by atoms with van der Waals surface area (Å²) in [5, 5.41) is 8.45. The Kier molecular flexibility index (Phi) is 5.08. The van der Waals surface area contributed by atoms with Crippen molar-refractivity contribution in [3.05, 3.63) is 30.6 Å². The van der Waals surface area contributed by atoms with Gasteiger partial charge in [-0.3, -0.25) is 9.89 Å². The molecule has 8 nitrogen and oxygen atoms in total. The molecule has 1 N–H and O–H groups in total. The van der Waals surface area contributed by atoms with Crippen molar-refractivity contribution in [2.24, 2.45) is 0 Å². The van der Waals surface area contributed by atoms with Crippen molar-refractivity contribution in [2.45, 2.75) is 39.8 Å². The number of hydrogen-bond donors (Lipinski definition) is 1. The molecular weight excluding hydrogens is 368 g/mol. The molecule has 0 bridgehead atoms. The molecule has 2 aromatic heterocycles. The second kappa shape index (κ2) is 7.69. The van der Waals surface area contributed by atoms with E-state index in [1.807, 2.05) is 61.8 Å². The van der Waals surface area contributed by atoms with Crippen LogP contribution >= 0.6 is 0 Å². The number of aromatic amines is 1. The topological polar surface area (TPSA) is 87.2 Å². The first kappa shape index (κ1) is 19.2. The Morgan fingerprint density at radius 3 is 2.66 bits per heavy atom. The maximum atomic E-state index is 12.4. The van der Waals surface area contributed by atoms with Crippen LogP contribution < -0.4 is 9.64 Å². The molecule has 0 aliphatic carbocycles. The van der Waals surface area contributed by atoms with Crippen molar-refractivity contribution in [3.63, 3.8) is 0 Å². The van der Waals surface area contributed by atoms with E-state index in [4.69, 9.17) is 4.74 Å². The maximum absolute atomic E-state index is 12.4. The highest BCUT2D eigenvalue weighted by Crippen LogP contribution is 2.30. The number of amides is 1. The number of carbonyl (C=O) groups excluding carboxylic acids is 1. The zero-order valence-electron chi connectivity index (χ0n) is 17.2. The smallest absolute Gasteiger partial charge is 0.242 e. The van der Waals surface area contributed by atoms with Gasteiger partial charge in [0.15, 0.2) is 0 Å². The molecule has 1 amide bonds. The highest BCUT2D eigenvalue weighted by atomic mass is 16.5. The van der Waals surface area contributed by atoms with Gasteiger partial charge in [0.25, 0.3) is 0 Å². The number of rotatable bonds is 5. The predicted molar refractivity (Wildman–Crippen MR) is 112 cm³/mol. The summed E-state index contributed by atoms with van der Waals surface area (Å²) in [6.45, 7) is 9.83. The Morgan fingerprint density at radius 2 is 1.93 bits per heavy atom. The minimum absolute atomic E-state index is 0.0931. The lowest BCUT2D eigenvalue weighted by Gasteiger charge is -2.37. The molecule has 0 unspecified atom stereocenters. The summed E-state index contributed by atoms with van der Waals surface area (Å²) in [7, 11) is 0. The van der Waals surface area contributed by atoms with E-state index in [9.17, 15) is 4.79 Å². The van der Waals surface area contributed by atoms with Crippen molar-refractivity contribution in [3.8, 4) is 17.1 Å². The average molecular weight is 394 g/mol. The van der Waals surface area contributed by atoms with Crippen LogP contribution in [0.2, 0.25) is 0 Å². The molecule has 0 atom stereocenters. The monoisotopic (exact) mass is 394 g/mol. The van der Waals surface area contributed by atoms with Crippen LogP contribution in [0.1, 0.15) is 27.7 Å². The largest absolute Gasteiger partial charge is 0.491 e. The van der Waals surface area contributed by atoms with Gasteiger partial charge in [0.1, 0.15) is 23.6 Å². The Morgan fingerprint density at radius 1 is 1.10 bits per heavy atom. The van der Waals surface area contributed by atoms with Crippen LogP contribution in [0.5, 0.6) is 5.75 Å². The van der Waals surface area contributed by atoms with Crippen LogP contribution in [-0.2, 0) is 4.79 Å². The molecule has 1 fully saturated rings. The first-order chi connectivity index (χ1) is 13.9. The van der Waals surface area contributed by atoms with E-state index in [1.54, 1.807) is 0 Å². The van der Waals surface area contributed by atoms with Crippen molar-refractivity contribution >= 4 is 22.6 Å². The lowest BCUT2D eigenvalue weighted by molar-refractivity contribution is -0.132. The van der Waals surface area contributed by atoms with Crippen LogP contribution in [0.25, 0.3) is 22.3 Å². The van der Waals surface area contributed by atoms with Crippen LogP contribution in [0.15, 0.2) is 30.6 Å². The third kappa shape index (κ3) is 3.87. The Balaban J connectivity index is 1.63. The van der Waals surface area contributed by atoms with Crippen LogP contribution in [0, 0.1) is 0 Å². The predicted octanol–water partition coefficient (Wildman–Crippen LogP) is 2.86. The van der Waals surface area contributed by atoms with E-state index in [1.165, 1.54) is 6.33 Å². The fourth-order valence-electron chi connectivity index (χ4n) is 3.61. The molecule has 1 aliphatic heterocycles. The normalized spacial score (nSPS) is 15.0. The number of carbonyl (C=O) groups is 1. The Labute approximate surface area is 169 Å². The Hall–Kier alpha value is -3.16.